The van der Waals surface area contributed by atoms with Crippen LogP contribution in [-0.4, -0.2) is 13.2 Å². The standard InChI is InChI=1S/C11H20O/c1-9(2)7-10-8-11(10)3-5-12-6-4-11/h9-10H,3-8H2,1-2H3. The maximum atomic E-state index is 5.40. The van der Waals surface area contributed by atoms with Gasteiger partial charge in [-0.15, -0.1) is 0 Å². The summed E-state index contributed by atoms with van der Waals surface area (Å²) in [5.41, 5.74) is 0.752. The minimum absolute atomic E-state index is 0.752. The predicted molar refractivity (Wildman–Crippen MR) is 50.0 cm³/mol. The van der Waals surface area contributed by atoms with E-state index in [1.807, 2.05) is 0 Å². The van der Waals surface area contributed by atoms with Crippen molar-refractivity contribution in [1.82, 2.24) is 0 Å². The average Bonchev–Trinajstić information content (AvgIpc) is 2.63. The summed E-state index contributed by atoms with van der Waals surface area (Å²) in [6, 6.07) is 0. The molecule has 1 saturated heterocycles. The van der Waals surface area contributed by atoms with Crippen LogP contribution in [0.15, 0.2) is 0 Å². The molecule has 1 unspecified atom stereocenters. The lowest BCUT2D eigenvalue weighted by Gasteiger charge is -2.23. The number of hydrogen-bond donors (Lipinski definition) is 0. The number of rotatable bonds is 2. The molecule has 12 heavy (non-hydrogen) atoms. The molecule has 1 spiro atoms. The molecule has 2 fully saturated rings. The molecule has 0 amide bonds. The van der Waals surface area contributed by atoms with Crippen LogP contribution in [-0.2, 0) is 4.74 Å². The molecule has 2 aliphatic rings. The molecule has 0 aromatic rings. The van der Waals surface area contributed by atoms with Crippen LogP contribution < -0.4 is 0 Å². The minimum atomic E-state index is 0.752. The molecule has 1 heteroatoms. The maximum absolute atomic E-state index is 5.40. The van der Waals surface area contributed by atoms with Gasteiger partial charge >= 0.3 is 0 Å². The van der Waals surface area contributed by atoms with Crippen molar-refractivity contribution in [2.45, 2.75) is 39.5 Å². The van der Waals surface area contributed by atoms with E-state index in [9.17, 15) is 0 Å². The summed E-state index contributed by atoms with van der Waals surface area (Å²) in [5, 5.41) is 0. The Morgan fingerprint density at radius 2 is 2.00 bits per heavy atom. The average molecular weight is 168 g/mol. The summed E-state index contributed by atoms with van der Waals surface area (Å²) < 4.78 is 5.40. The Labute approximate surface area is 75.5 Å². The van der Waals surface area contributed by atoms with E-state index in [1.54, 1.807) is 0 Å². The Morgan fingerprint density at radius 3 is 2.58 bits per heavy atom. The minimum Gasteiger partial charge on any atom is -0.381 e. The van der Waals surface area contributed by atoms with Crippen molar-refractivity contribution >= 4 is 0 Å². The highest BCUT2D eigenvalue weighted by Crippen LogP contribution is 2.61. The van der Waals surface area contributed by atoms with Crippen LogP contribution >= 0.6 is 0 Å². The largest absolute Gasteiger partial charge is 0.381 e. The molecule has 70 valence electrons. The van der Waals surface area contributed by atoms with Crippen LogP contribution in [0.5, 0.6) is 0 Å². The highest BCUT2D eigenvalue weighted by molar-refractivity contribution is 5.02. The second-order valence-electron chi connectivity index (χ2n) is 5.01. The Hall–Kier alpha value is -0.0400. The van der Waals surface area contributed by atoms with Crippen molar-refractivity contribution in [3.63, 3.8) is 0 Å². The van der Waals surface area contributed by atoms with E-state index < -0.39 is 0 Å². The van der Waals surface area contributed by atoms with Crippen LogP contribution in [0.25, 0.3) is 0 Å². The summed E-state index contributed by atoms with van der Waals surface area (Å²) in [7, 11) is 0. The zero-order chi connectivity index (χ0) is 8.60. The Morgan fingerprint density at radius 1 is 1.33 bits per heavy atom. The summed E-state index contributed by atoms with van der Waals surface area (Å²) >= 11 is 0. The first-order chi connectivity index (χ1) is 5.73. The zero-order valence-corrected chi connectivity index (χ0v) is 8.31. The van der Waals surface area contributed by atoms with Gasteiger partial charge in [0, 0.05) is 13.2 Å². The molecule has 1 atom stereocenters. The summed E-state index contributed by atoms with van der Waals surface area (Å²) in [5.74, 6) is 1.93. The van der Waals surface area contributed by atoms with E-state index in [-0.39, 0.29) is 0 Å². The van der Waals surface area contributed by atoms with Gasteiger partial charge in [-0.05, 0) is 42.9 Å². The van der Waals surface area contributed by atoms with Gasteiger partial charge in [0.1, 0.15) is 0 Å². The van der Waals surface area contributed by atoms with Gasteiger partial charge in [-0.2, -0.15) is 0 Å². The Balaban J connectivity index is 1.83. The molecule has 2 rings (SSSR count). The van der Waals surface area contributed by atoms with E-state index >= 15 is 0 Å². The third kappa shape index (κ3) is 1.52. The van der Waals surface area contributed by atoms with Crippen molar-refractivity contribution in [2.24, 2.45) is 17.3 Å². The fraction of sp³-hybridized carbons (Fsp3) is 1.00. The molecule has 1 aliphatic heterocycles. The van der Waals surface area contributed by atoms with E-state index in [0.29, 0.717) is 0 Å². The molecule has 1 heterocycles. The second-order valence-corrected chi connectivity index (χ2v) is 5.01. The second kappa shape index (κ2) is 3.02. The molecule has 0 bridgehead atoms. The molecule has 1 aliphatic carbocycles. The Kier molecular flexibility index (Phi) is 2.16. The van der Waals surface area contributed by atoms with Gasteiger partial charge in [0.2, 0.25) is 0 Å². The van der Waals surface area contributed by atoms with Crippen LogP contribution in [0.3, 0.4) is 0 Å². The van der Waals surface area contributed by atoms with Gasteiger partial charge in [0.15, 0.2) is 0 Å². The molecule has 1 saturated carbocycles. The molecule has 0 radical (unpaired) electrons. The highest BCUT2D eigenvalue weighted by atomic mass is 16.5. The van der Waals surface area contributed by atoms with E-state index in [2.05, 4.69) is 13.8 Å². The van der Waals surface area contributed by atoms with Gasteiger partial charge in [0.05, 0.1) is 0 Å². The van der Waals surface area contributed by atoms with Gasteiger partial charge in [-0.3, -0.25) is 0 Å². The molecule has 0 aromatic carbocycles. The first-order valence-corrected chi connectivity index (χ1v) is 5.31. The molecule has 0 N–H and O–H groups in total. The van der Waals surface area contributed by atoms with Gasteiger partial charge in [-0.25, -0.2) is 0 Å². The van der Waals surface area contributed by atoms with Gasteiger partial charge in [-0.1, -0.05) is 13.8 Å². The summed E-state index contributed by atoms with van der Waals surface area (Å²) in [6.07, 6.45) is 5.61. The van der Waals surface area contributed by atoms with Crippen molar-refractivity contribution < 1.29 is 4.74 Å². The third-order valence-electron chi connectivity index (χ3n) is 3.60. The lowest BCUT2D eigenvalue weighted by atomic mass is 9.91. The van der Waals surface area contributed by atoms with Crippen molar-refractivity contribution in [1.29, 1.82) is 0 Å². The van der Waals surface area contributed by atoms with E-state index in [1.165, 1.54) is 25.7 Å². The van der Waals surface area contributed by atoms with Crippen molar-refractivity contribution in [3.05, 3.63) is 0 Å². The first kappa shape index (κ1) is 8.55. The van der Waals surface area contributed by atoms with Crippen LogP contribution in [0.1, 0.15) is 39.5 Å². The van der Waals surface area contributed by atoms with E-state index in [0.717, 1.165) is 30.5 Å². The zero-order valence-electron chi connectivity index (χ0n) is 8.31. The van der Waals surface area contributed by atoms with Crippen LogP contribution in [0.4, 0.5) is 0 Å². The monoisotopic (exact) mass is 168 g/mol. The highest BCUT2D eigenvalue weighted by Gasteiger charge is 2.53. The fourth-order valence-electron chi connectivity index (χ4n) is 2.72. The van der Waals surface area contributed by atoms with Crippen LogP contribution in [0, 0.1) is 17.3 Å². The maximum Gasteiger partial charge on any atom is 0.0471 e. The third-order valence-corrected chi connectivity index (χ3v) is 3.60. The summed E-state index contributed by atoms with van der Waals surface area (Å²) in [6.45, 7) is 6.72. The van der Waals surface area contributed by atoms with Crippen LogP contribution in [0.2, 0.25) is 0 Å². The number of hydrogen-bond acceptors (Lipinski definition) is 1. The van der Waals surface area contributed by atoms with E-state index in [4.69, 9.17) is 4.74 Å². The van der Waals surface area contributed by atoms with Crippen molar-refractivity contribution in [3.8, 4) is 0 Å². The van der Waals surface area contributed by atoms with Crippen molar-refractivity contribution in [2.75, 3.05) is 13.2 Å². The lowest BCUT2D eigenvalue weighted by Crippen LogP contribution is -2.18. The predicted octanol–water partition coefficient (Wildman–Crippen LogP) is 2.85. The SMILES string of the molecule is CC(C)CC1CC12CCOCC2. The normalized spacial score (nSPS) is 32.8. The number of ether oxygens (including phenoxy) is 1. The molecule has 1 nitrogen and oxygen atoms in total. The van der Waals surface area contributed by atoms with Gasteiger partial charge < -0.3 is 4.74 Å². The Bertz CT molecular complexity index is 156. The quantitative estimate of drug-likeness (QED) is 0.616. The smallest absolute Gasteiger partial charge is 0.0471 e. The lowest BCUT2D eigenvalue weighted by molar-refractivity contribution is 0.0508. The van der Waals surface area contributed by atoms with Gasteiger partial charge in [0.25, 0.3) is 0 Å². The fourth-order valence-corrected chi connectivity index (χ4v) is 2.72. The molecular weight excluding hydrogens is 148 g/mol. The topological polar surface area (TPSA) is 9.23 Å². The molecule has 0 aromatic heterocycles. The summed E-state index contributed by atoms with van der Waals surface area (Å²) in [4.78, 5) is 0. The molecular formula is C11H20O. The first-order valence-electron chi connectivity index (χ1n) is 5.31.